The highest BCUT2D eigenvalue weighted by molar-refractivity contribution is 5.78. The van der Waals surface area contributed by atoms with Crippen LogP contribution in [0.4, 0.5) is 0 Å². The molecular formula is C14H16N4O2. The van der Waals surface area contributed by atoms with Crippen molar-refractivity contribution in [2.45, 2.75) is 26.9 Å². The first kappa shape index (κ1) is 14.1. The van der Waals surface area contributed by atoms with E-state index in [1.165, 1.54) is 6.33 Å². The summed E-state index contributed by atoms with van der Waals surface area (Å²) in [5.74, 6) is -0.234. The van der Waals surface area contributed by atoms with Crippen molar-refractivity contribution in [1.29, 1.82) is 0 Å². The first-order valence-corrected chi connectivity index (χ1v) is 6.24. The van der Waals surface area contributed by atoms with Gasteiger partial charge in [0.1, 0.15) is 12.9 Å². The standard InChI is InChI=1S/C14H16N4O2/c1-10-13(11(2)17-9-16-10)7-14(19)18-20-8-12-5-3-4-6-15-12/h3-6,9H,7-8H2,1-2H3,(H,18,19). The van der Waals surface area contributed by atoms with Crippen LogP contribution in [0.15, 0.2) is 30.7 Å². The number of carbonyl (C=O) groups is 1. The highest BCUT2D eigenvalue weighted by Crippen LogP contribution is 2.08. The van der Waals surface area contributed by atoms with Crippen LogP contribution in [-0.2, 0) is 22.7 Å². The van der Waals surface area contributed by atoms with E-state index in [9.17, 15) is 4.79 Å². The molecule has 0 aliphatic carbocycles. The van der Waals surface area contributed by atoms with Crippen LogP contribution in [0, 0.1) is 13.8 Å². The average Bonchev–Trinajstić information content (AvgIpc) is 2.44. The van der Waals surface area contributed by atoms with Crippen molar-refractivity contribution in [2.24, 2.45) is 0 Å². The minimum Gasteiger partial charge on any atom is -0.272 e. The molecule has 6 heteroatoms. The van der Waals surface area contributed by atoms with E-state index >= 15 is 0 Å². The first-order chi connectivity index (χ1) is 9.66. The van der Waals surface area contributed by atoms with Crippen molar-refractivity contribution in [3.05, 3.63) is 53.4 Å². The number of aryl methyl sites for hydroxylation is 2. The molecule has 0 fully saturated rings. The van der Waals surface area contributed by atoms with Gasteiger partial charge in [0.25, 0.3) is 0 Å². The molecule has 0 unspecified atom stereocenters. The summed E-state index contributed by atoms with van der Waals surface area (Å²) in [7, 11) is 0. The SMILES string of the molecule is Cc1ncnc(C)c1CC(=O)NOCc1ccccn1. The maximum absolute atomic E-state index is 11.8. The highest BCUT2D eigenvalue weighted by Gasteiger charge is 2.10. The van der Waals surface area contributed by atoms with Gasteiger partial charge in [0.15, 0.2) is 0 Å². The lowest BCUT2D eigenvalue weighted by Crippen LogP contribution is -2.26. The molecule has 20 heavy (non-hydrogen) atoms. The van der Waals surface area contributed by atoms with Gasteiger partial charge in [-0.1, -0.05) is 6.07 Å². The monoisotopic (exact) mass is 272 g/mol. The molecule has 104 valence electrons. The second kappa shape index (κ2) is 6.72. The van der Waals surface area contributed by atoms with Gasteiger partial charge >= 0.3 is 0 Å². The molecule has 0 aromatic carbocycles. The van der Waals surface area contributed by atoms with Crippen molar-refractivity contribution in [1.82, 2.24) is 20.4 Å². The fourth-order valence-electron chi connectivity index (χ4n) is 1.75. The number of nitrogens with one attached hydrogen (secondary N) is 1. The van der Waals surface area contributed by atoms with Crippen LogP contribution in [0.2, 0.25) is 0 Å². The number of amides is 1. The number of hydrogen-bond acceptors (Lipinski definition) is 5. The van der Waals surface area contributed by atoms with E-state index in [2.05, 4.69) is 20.4 Å². The maximum atomic E-state index is 11.8. The fourth-order valence-corrected chi connectivity index (χ4v) is 1.75. The topological polar surface area (TPSA) is 77.0 Å². The number of hydrogen-bond donors (Lipinski definition) is 1. The number of hydroxylamine groups is 1. The summed E-state index contributed by atoms with van der Waals surface area (Å²) in [6, 6.07) is 5.51. The minimum atomic E-state index is -0.234. The second-order valence-electron chi connectivity index (χ2n) is 4.33. The van der Waals surface area contributed by atoms with Gasteiger partial charge in [0.05, 0.1) is 12.1 Å². The third-order valence-corrected chi connectivity index (χ3v) is 2.85. The van der Waals surface area contributed by atoms with Gasteiger partial charge in [0, 0.05) is 23.1 Å². The molecule has 2 rings (SSSR count). The number of pyridine rings is 1. The third-order valence-electron chi connectivity index (χ3n) is 2.85. The molecule has 0 saturated heterocycles. The van der Waals surface area contributed by atoms with Gasteiger partial charge in [-0.05, 0) is 26.0 Å². The summed E-state index contributed by atoms with van der Waals surface area (Å²) in [5.41, 5.74) is 5.58. The Morgan fingerprint density at radius 2 is 1.95 bits per heavy atom. The third kappa shape index (κ3) is 3.83. The number of carbonyl (C=O) groups excluding carboxylic acids is 1. The molecule has 0 atom stereocenters. The Kier molecular flexibility index (Phi) is 4.73. The first-order valence-electron chi connectivity index (χ1n) is 6.24. The van der Waals surface area contributed by atoms with Crippen LogP contribution in [0.3, 0.4) is 0 Å². The zero-order valence-electron chi connectivity index (χ0n) is 11.5. The maximum Gasteiger partial charge on any atom is 0.248 e. The number of rotatable bonds is 5. The van der Waals surface area contributed by atoms with Crippen LogP contribution in [0.5, 0.6) is 0 Å². The Labute approximate surface area is 117 Å². The highest BCUT2D eigenvalue weighted by atomic mass is 16.6. The van der Waals surface area contributed by atoms with Crippen molar-refractivity contribution >= 4 is 5.91 Å². The Bertz CT molecular complexity index is 567. The Hall–Kier alpha value is -2.34. The second-order valence-corrected chi connectivity index (χ2v) is 4.33. The lowest BCUT2D eigenvalue weighted by molar-refractivity contribution is -0.133. The van der Waals surface area contributed by atoms with Gasteiger partial charge in [0.2, 0.25) is 5.91 Å². The zero-order chi connectivity index (χ0) is 14.4. The zero-order valence-corrected chi connectivity index (χ0v) is 11.5. The van der Waals surface area contributed by atoms with Gasteiger partial charge in [-0.25, -0.2) is 15.4 Å². The molecule has 1 amide bonds. The summed E-state index contributed by atoms with van der Waals surface area (Å²) in [4.78, 5) is 29.2. The van der Waals surface area contributed by atoms with Crippen LogP contribution in [0.25, 0.3) is 0 Å². The summed E-state index contributed by atoms with van der Waals surface area (Å²) in [6.07, 6.45) is 3.36. The number of aromatic nitrogens is 3. The molecule has 0 aliphatic heterocycles. The van der Waals surface area contributed by atoms with Crippen molar-refractivity contribution < 1.29 is 9.63 Å². The molecule has 0 radical (unpaired) electrons. The average molecular weight is 272 g/mol. The van der Waals surface area contributed by atoms with Crippen LogP contribution in [-0.4, -0.2) is 20.9 Å². The molecule has 0 aliphatic rings. The van der Waals surface area contributed by atoms with E-state index in [-0.39, 0.29) is 18.9 Å². The Balaban J connectivity index is 1.84. The van der Waals surface area contributed by atoms with E-state index in [0.717, 1.165) is 22.6 Å². The fraction of sp³-hybridized carbons (Fsp3) is 0.286. The molecule has 1 N–H and O–H groups in total. The van der Waals surface area contributed by atoms with Gasteiger partial charge in [-0.3, -0.25) is 14.6 Å². The van der Waals surface area contributed by atoms with E-state index in [0.29, 0.717) is 0 Å². The van der Waals surface area contributed by atoms with Crippen LogP contribution >= 0.6 is 0 Å². The summed E-state index contributed by atoms with van der Waals surface area (Å²) in [6.45, 7) is 3.94. The summed E-state index contributed by atoms with van der Waals surface area (Å²) >= 11 is 0. The molecule has 6 nitrogen and oxygen atoms in total. The number of nitrogens with zero attached hydrogens (tertiary/aromatic N) is 3. The Morgan fingerprint density at radius 1 is 1.20 bits per heavy atom. The van der Waals surface area contributed by atoms with E-state index in [1.54, 1.807) is 6.20 Å². The van der Waals surface area contributed by atoms with Crippen LogP contribution < -0.4 is 5.48 Å². The van der Waals surface area contributed by atoms with Crippen molar-refractivity contribution in [3.63, 3.8) is 0 Å². The van der Waals surface area contributed by atoms with Gasteiger partial charge < -0.3 is 0 Å². The van der Waals surface area contributed by atoms with Gasteiger partial charge in [-0.15, -0.1) is 0 Å². The largest absolute Gasteiger partial charge is 0.272 e. The molecule has 0 bridgehead atoms. The molecule has 0 spiro atoms. The summed E-state index contributed by atoms with van der Waals surface area (Å²) in [5, 5.41) is 0. The molecule has 0 saturated carbocycles. The quantitative estimate of drug-likeness (QED) is 0.830. The summed E-state index contributed by atoms with van der Waals surface area (Å²) < 4.78 is 0. The van der Waals surface area contributed by atoms with Crippen molar-refractivity contribution in [2.75, 3.05) is 0 Å². The van der Waals surface area contributed by atoms with Gasteiger partial charge in [-0.2, -0.15) is 0 Å². The predicted molar refractivity (Wildman–Crippen MR) is 72.4 cm³/mol. The molecule has 2 aromatic rings. The lowest BCUT2D eigenvalue weighted by Gasteiger charge is -2.08. The van der Waals surface area contributed by atoms with E-state index in [1.807, 2.05) is 32.0 Å². The normalized spacial score (nSPS) is 10.3. The smallest absolute Gasteiger partial charge is 0.248 e. The molecule has 2 heterocycles. The lowest BCUT2D eigenvalue weighted by atomic mass is 10.1. The van der Waals surface area contributed by atoms with E-state index < -0.39 is 0 Å². The predicted octanol–water partition coefficient (Wildman–Crippen LogP) is 1.28. The minimum absolute atomic E-state index is 0.195. The van der Waals surface area contributed by atoms with Crippen LogP contribution in [0.1, 0.15) is 22.6 Å². The molecule has 2 aromatic heterocycles. The molecular weight excluding hydrogens is 256 g/mol. The van der Waals surface area contributed by atoms with Crippen molar-refractivity contribution in [3.8, 4) is 0 Å². The Morgan fingerprint density at radius 3 is 2.60 bits per heavy atom. The van der Waals surface area contributed by atoms with E-state index in [4.69, 9.17) is 4.84 Å².